The molecule has 2 heterocycles. The van der Waals surface area contributed by atoms with E-state index in [1.807, 2.05) is 30.3 Å². The summed E-state index contributed by atoms with van der Waals surface area (Å²) >= 11 is 0. The molecule has 0 bridgehead atoms. The molecule has 0 radical (unpaired) electrons. The summed E-state index contributed by atoms with van der Waals surface area (Å²) in [5.74, 6) is 3.11. The number of hydrogen-bond donors (Lipinski definition) is 1. The zero-order chi connectivity index (χ0) is 17.4. The molecule has 5 heteroatoms. The second-order valence-corrected chi connectivity index (χ2v) is 6.88. The highest BCUT2D eigenvalue weighted by Gasteiger charge is 2.19. The first-order valence-corrected chi connectivity index (χ1v) is 8.77. The lowest BCUT2D eigenvalue weighted by atomic mass is 10.1. The lowest BCUT2D eigenvalue weighted by Gasteiger charge is -2.18. The van der Waals surface area contributed by atoms with Gasteiger partial charge in [0.2, 0.25) is 0 Å². The van der Waals surface area contributed by atoms with Crippen molar-refractivity contribution in [2.24, 2.45) is 5.92 Å². The number of imidazole rings is 1. The molecule has 0 saturated carbocycles. The number of anilines is 1. The van der Waals surface area contributed by atoms with Crippen LogP contribution in [0.5, 0.6) is 11.5 Å². The molecule has 3 aromatic rings. The molecule has 0 amide bonds. The van der Waals surface area contributed by atoms with Crippen LogP contribution >= 0.6 is 0 Å². The van der Waals surface area contributed by atoms with Gasteiger partial charge in [-0.3, -0.25) is 0 Å². The molecule has 0 aliphatic carbocycles. The standard InChI is InChI=1S/C20H23N3O2/c1-13(2)6-7-23-17-12-19-18(24-8-9-25-19)11-16(17)22-20(23)14-4-3-5-15(21)10-14/h3-5,10-13H,6-9,21H2,1-2H3. The fourth-order valence-electron chi connectivity index (χ4n) is 3.17. The Balaban J connectivity index is 1.89. The Kier molecular flexibility index (Phi) is 3.99. The Hall–Kier alpha value is -2.69. The van der Waals surface area contributed by atoms with E-state index in [4.69, 9.17) is 20.2 Å². The Labute approximate surface area is 147 Å². The third-order valence-electron chi connectivity index (χ3n) is 4.49. The first-order valence-electron chi connectivity index (χ1n) is 8.77. The maximum Gasteiger partial charge on any atom is 0.163 e. The van der Waals surface area contributed by atoms with Gasteiger partial charge >= 0.3 is 0 Å². The topological polar surface area (TPSA) is 62.3 Å². The van der Waals surface area contributed by atoms with Crippen LogP contribution in [0, 0.1) is 5.92 Å². The molecule has 1 aliphatic rings. The van der Waals surface area contributed by atoms with Gasteiger partial charge in [-0.15, -0.1) is 0 Å². The maximum atomic E-state index is 5.98. The monoisotopic (exact) mass is 337 g/mol. The summed E-state index contributed by atoms with van der Waals surface area (Å²) in [6.45, 7) is 6.53. The molecule has 0 fully saturated rings. The van der Waals surface area contributed by atoms with Crippen LogP contribution in [0.2, 0.25) is 0 Å². The number of benzene rings is 2. The SMILES string of the molecule is CC(C)CCn1c(-c2cccc(N)c2)nc2cc3c(cc21)OCCO3. The molecule has 2 N–H and O–H groups in total. The molecule has 1 aliphatic heterocycles. The van der Waals surface area contributed by atoms with Crippen LogP contribution < -0.4 is 15.2 Å². The van der Waals surface area contributed by atoms with E-state index in [2.05, 4.69) is 24.5 Å². The predicted molar refractivity (Wildman–Crippen MR) is 100 cm³/mol. The average molecular weight is 337 g/mol. The number of nitrogens with two attached hydrogens (primary N) is 1. The second-order valence-electron chi connectivity index (χ2n) is 6.88. The van der Waals surface area contributed by atoms with Crippen molar-refractivity contribution in [3.05, 3.63) is 36.4 Å². The van der Waals surface area contributed by atoms with Gasteiger partial charge in [0.1, 0.15) is 19.0 Å². The van der Waals surface area contributed by atoms with Crippen molar-refractivity contribution >= 4 is 16.7 Å². The quantitative estimate of drug-likeness (QED) is 0.728. The predicted octanol–water partition coefficient (Wildman–Crippen LogP) is 4.10. The van der Waals surface area contributed by atoms with Gasteiger partial charge in [-0.2, -0.15) is 0 Å². The number of hydrogen-bond acceptors (Lipinski definition) is 4. The lowest BCUT2D eigenvalue weighted by molar-refractivity contribution is 0.172. The Morgan fingerprint density at radius 3 is 2.60 bits per heavy atom. The molecular weight excluding hydrogens is 314 g/mol. The van der Waals surface area contributed by atoms with E-state index in [0.29, 0.717) is 19.1 Å². The largest absolute Gasteiger partial charge is 0.486 e. The van der Waals surface area contributed by atoms with E-state index in [9.17, 15) is 0 Å². The van der Waals surface area contributed by atoms with Gasteiger partial charge in [0.15, 0.2) is 11.5 Å². The maximum absolute atomic E-state index is 5.98. The van der Waals surface area contributed by atoms with Crippen molar-refractivity contribution < 1.29 is 9.47 Å². The minimum atomic E-state index is 0.578. The van der Waals surface area contributed by atoms with E-state index in [1.165, 1.54) is 0 Å². The molecule has 1 aromatic heterocycles. The van der Waals surface area contributed by atoms with Crippen LogP contribution in [0.3, 0.4) is 0 Å². The van der Waals surface area contributed by atoms with E-state index in [-0.39, 0.29) is 0 Å². The highest BCUT2D eigenvalue weighted by Crippen LogP contribution is 2.36. The van der Waals surface area contributed by atoms with Crippen LogP contribution in [-0.4, -0.2) is 22.8 Å². The number of rotatable bonds is 4. The number of ether oxygens (including phenoxy) is 2. The Morgan fingerprint density at radius 1 is 1.12 bits per heavy atom. The van der Waals surface area contributed by atoms with Crippen LogP contribution in [0.1, 0.15) is 20.3 Å². The molecule has 0 unspecified atom stereocenters. The molecule has 5 nitrogen and oxygen atoms in total. The fourth-order valence-corrected chi connectivity index (χ4v) is 3.17. The van der Waals surface area contributed by atoms with Crippen molar-refractivity contribution in [2.45, 2.75) is 26.8 Å². The third-order valence-corrected chi connectivity index (χ3v) is 4.49. The molecule has 0 saturated heterocycles. The molecule has 4 rings (SSSR count). The Bertz CT molecular complexity index is 915. The number of fused-ring (bicyclic) bond motifs is 2. The molecule has 25 heavy (non-hydrogen) atoms. The highest BCUT2D eigenvalue weighted by atomic mass is 16.6. The van der Waals surface area contributed by atoms with Gasteiger partial charge < -0.3 is 19.8 Å². The zero-order valence-corrected chi connectivity index (χ0v) is 14.7. The van der Waals surface area contributed by atoms with Crippen molar-refractivity contribution in [2.75, 3.05) is 18.9 Å². The average Bonchev–Trinajstić information content (AvgIpc) is 2.95. The second kappa shape index (κ2) is 6.31. The number of aryl methyl sites for hydroxylation is 1. The molecular formula is C20H23N3O2. The summed E-state index contributed by atoms with van der Waals surface area (Å²) in [6.07, 6.45) is 1.08. The minimum absolute atomic E-state index is 0.578. The fraction of sp³-hybridized carbons (Fsp3) is 0.350. The summed E-state index contributed by atoms with van der Waals surface area (Å²) < 4.78 is 13.7. The first-order chi connectivity index (χ1) is 12.1. The van der Waals surface area contributed by atoms with Crippen LogP contribution in [-0.2, 0) is 6.54 Å². The lowest BCUT2D eigenvalue weighted by Crippen LogP contribution is -2.15. The number of nitrogen functional groups attached to an aromatic ring is 1. The number of aromatic nitrogens is 2. The van der Waals surface area contributed by atoms with E-state index < -0.39 is 0 Å². The smallest absolute Gasteiger partial charge is 0.163 e. The van der Waals surface area contributed by atoms with Crippen molar-refractivity contribution in [1.29, 1.82) is 0 Å². The highest BCUT2D eigenvalue weighted by molar-refractivity contribution is 5.84. The zero-order valence-electron chi connectivity index (χ0n) is 14.7. The molecule has 0 atom stereocenters. The van der Waals surface area contributed by atoms with Crippen molar-refractivity contribution in [3.8, 4) is 22.9 Å². The summed E-state index contributed by atoms with van der Waals surface area (Å²) in [5, 5.41) is 0. The summed E-state index contributed by atoms with van der Waals surface area (Å²) in [5.41, 5.74) is 9.75. The van der Waals surface area contributed by atoms with Gasteiger partial charge in [0, 0.05) is 29.9 Å². The van der Waals surface area contributed by atoms with E-state index >= 15 is 0 Å². The van der Waals surface area contributed by atoms with Gasteiger partial charge in [-0.25, -0.2) is 4.98 Å². The van der Waals surface area contributed by atoms with Gasteiger partial charge in [-0.05, 0) is 24.5 Å². The molecule has 130 valence electrons. The minimum Gasteiger partial charge on any atom is -0.486 e. The summed E-state index contributed by atoms with van der Waals surface area (Å²) in [7, 11) is 0. The normalized spacial score (nSPS) is 13.6. The van der Waals surface area contributed by atoms with Gasteiger partial charge in [-0.1, -0.05) is 26.0 Å². The molecule has 0 spiro atoms. The third kappa shape index (κ3) is 3.02. The number of nitrogens with zero attached hydrogens (tertiary/aromatic N) is 2. The van der Waals surface area contributed by atoms with Gasteiger partial charge in [0.05, 0.1) is 11.0 Å². The van der Waals surface area contributed by atoms with E-state index in [0.717, 1.165) is 52.6 Å². The summed E-state index contributed by atoms with van der Waals surface area (Å²) in [6, 6.07) is 11.9. The van der Waals surface area contributed by atoms with E-state index in [1.54, 1.807) is 0 Å². The van der Waals surface area contributed by atoms with Crippen LogP contribution in [0.15, 0.2) is 36.4 Å². The van der Waals surface area contributed by atoms with Crippen molar-refractivity contribution in [3.63, 3.8) is 0 Å². The summed E-state index contributed by atoms with van der Waals surface area (Å²) in [4.78, 5) is 4.88. The van der Waals surface area contributed by atoms with Crippen LogP contribution in [0.4, 0.5) is 5.69 Å². The molecule has 2 aromatic carbocycles. The first kappa shape index (κ1) is 15.8. The van der Waals surface area contributed by atoms with Gasteiger partial charge in [0.25, 0.3) is 0 Å². The van der Waals surface area contributed by atoms with Crippen LogP contribution in [0.25, 0.3) is 22.4 Å². The van der Waals surface area contributed by atoms with Crippen molar-refractivity contribution in [1.82, 2.24) is 9.55 Å². The Morgan fingerprint density at radius 2 is 1.88 bits per heavy atom.